The van der Waals surface area contributed by atoms with Crippen molar-refractivity contribution >= 4 is 5.91 Å². The molecule has 0 fully saturated rings. The SMILES string of the molecule is CC(C)c1cc(=O)n(CC(=O)NCCc2ccccc2)cn1. The monoisotopic (exact) mass is 299 g/mol. The minimum absolute atomic E-state index is 0.000994. The molecule has 1 aromatic carbocycles. The highest BCUT2D eigenvalue weighted by molar-refractivity contribution is 5.75. The predicted molar refractivity (Wildman–Crippen MR) is 85.7 cm³/mol. The lowest BCUT2D eigenvalue weighted by Crippen LogP contribution is -2.33. The minimum Gasteiger partial charge on any atom is -0.354 e. The molecule has 0 saturated carbocycles. The van der Waals surface area contributed by atoms with Crippen LogP contribution in [0.2, 0.25) is 0 Å². The zero-order valence-corrected chi connectivity index (χ0v) is 13.0. The lowest BCUT2D eigenvalue weighted by atomic mass is 10.1. The Hall–Kier alpha value is -2.43. The number of carbonyl (C=O) groups is 1. The van der Waals surface area contributed by atoms with Crippen molar-refractivity contribution in [2.24, 2.45) is 0 Å². The summed E-state index contributed by atoms with van der Waals surface area (Å²) in [7, 11) is 0. The van der Waals surface area contributed by atoms with E-state index < -0.39 is 0 Å². The molecule has 22 heavy (non-hydrogen) atoms. The van der Waals surface area contributed by atoms with Crippen LogP contribution in [0.3, 0.4) is 0 Å². The van der Waals surface area contributed by atoms with Gasteiger partial charge in [0.1, 0.15) is 6.54 Å². The summed E-state index contributed by atoms with van der Waals surface area (Å²) in [6.45, 7) is 4.50. The topological polar surface area (TPSA) is 64.0 Å². The van der Waals surface area contributed by atoms with Crippen molar-refractivity contribution < 1.29 is 4.79 Å². The molecule has 0 aliphatic carbocycles. The van der Waals surface area contributed by atoms with Crippen LogP contribution in [-0.2, 0) is 17.8 Å². The van der Waals surface area contributed by atoms with E-state index in [1.54, 1.807) is 0 Å². The van der Waals surface area contributed by atoms with Gasteiger partial charge in [-0.1, -0.05) is 44.2 Å². The van der Waals surface area contributed by atoms with E-state index in [2.05, 4.69) is 10.3 Å². The van der Waals surface area contributed by atoms with Gasteiger partial charge in [0.15, 0.2) is 0 Å². The molecule has 0 atom stereocenters. The molecule has 5 heteroatoms. The molecule has 116 valence electrons. The van der Waals surface area contributed by atoms with Crippen LogP contribution in [0.4, 0.5) is 0 Å². The van der Waals surface area contributed by atoms with Crippen molar-refractivity contribution in [2.75, 3.05) is 6.54 Å². The number of hydrogen-bond donors (Lipinski definition) is 1. The maximum absolute atomic E-state index is 11.9. The molecule has 1 aromatic heterocycles. The van der Waals surface area contributed by atoms with Gasteiger partial charge in [0.25, 0.3) is 5.56 Å². The molecule has 0 aliphatic rings. The van der Waals surface area contributed by atoms with Gasteiger partial charge in [-0.25, -0.2) is 4.98 Å². The van der Waals surface area contributed by atoms with E-state index in [-0.39, 0.29) is 23.9 Å². The van der Waals surface area contributed by atoms with Crippen molar-refractivity contribution in [3.8, 4) is 0 Å². The molecule has 1 amide bonds. The van der Waals surface area contributed by atoms with Gasteiger partial charge in [0.2, 0.25) is 5.91 Å². The molecule has 2 aromatic rings. The standard InChI is InChI=1S/C17H21N3O2/c1-13(2)15-10-17(22)20(12-19-15)11-16(21)18-9-8-14-6-4-3-5-7-14/h3-7,10,12-13H,8-9,11H2,1-2H3,(H,18,21). The molecule has 0 bridgehead atoms. The molecule has 0 aliphatic heterocycles. The van der Waals surface area contributed by atoms with Crippen molar-refractivity contribution in [3.05, 3.63) is 64.3 Å². The van der Waals surface area contributed by atoms with Crippen molar-refractivity contribution in [2.45, 2.75) is 32.7 Å². The first-order valence-corrected chi connectivity index (χ1v) is 7.43. The fraction of sp³-hybridized carbons (Fsp3) is 0.353. The summed E-state index contributed by atoms with van der Waals surface area (Å²) < 4.78 is 1.32. The quantitative estimate of drug-likeness (QED) is 0.883. The van der Waals surface area contributed by atoms with Crippen LogP contribution in [0.25, 0.3) is 0 Å². The first-order valence-electron chi connectivity index (χ1n) is 7.43. The normalized spacial score (nSPS) is 10.7. The van der Waals surface area contributed by atoms with Crippen LogP contribution in [0.15, 0.2) is 47.5 Å². The van der Waals surface area contributed by atoms with Crippen LogP contribution in [0.5, 0.6) is 0 Å². The fourth-order valence-corrected chi connectivity index (χ4v) is 2.08. The van der Waals surface area contributed by atoms with E-state index in [9.17, 15) is 9.59 Å². The summed E-state index contributed by atoms with van der Waals surface area (Å²) in [4.78, 5) is 28.0. The minimum atomic E-state index is -0.197. The van der Waals surface area contributed by atoms with Gasteiger partial charge in [0.05, 0.1) is 12.0 Å². The van der Waals surface area contributed by atoms with E-state index in [4.69, 9.17) is 0 Å². The van der Waals surface area contributed by atoms with E-state index in [0.29, 0.717) is 6.54 Å². The Morgan fingerprint density at radius 1 is 1.27 bits per heavy atom. The lowest BCUT2D eigenvalue weighted by molar-refractivity contribution is -0.121. The molecule has 5 nitrogen and oxygen atoms in total. The van der Waals surface area contributed by atoms with E-state index >= 15 is 0 Å². The van der Waals surface area contributed by atoms with Crippen LogP contribution in [0, 0.1) is 0 Å². The van der Waals surface area contributed by atoms with Gasteiger partial charge in [-0.15, -0.1) is 0 Å². The number of rotatable bonds is 6. The molecule has 0 unspecified atom stereocenters. The molecule has 0 saturated heterocycles. The zero-order chi connectivity index (χ0) is 15.9. The predicted octanol–water partition coefficient (Wildman–Crippen LogP) is 1.73. The molecule has 2 rings (SSSR count). The molecular weight excluding hydrogens is 278 g/mol. The molecule has 1 N–H and O–H groups in total. The summed E-state index contributed by atoms with van der Waals surface area (Å²) in [6, 6.07) is 11.4. The number of aromatic nitrogens is 2. The molecule has 0 radical (unpaired) electrons. The van der Waals surface area contributed by atoms with Gasteiger partial charge >= 0.3 is 0 Å². The Balaban J connectivity index is 1.86. The number of amides is 1. The van der Waals surface area contributed by atoms with Crippen LogP contribution >= 0.6 is 0 Å². The lowest BCUT2D eigenvalue weighted by Gasteiger charge is -2.09. The van der Waals surface area contributed by atoms with E-state index in [1.165, 1.54) is 22.5 Å². The molecule has 1 heterocycles. The summed E-state index contributed by atoms with van der Waals surface area (Å²) in [6.07, 6.45) is 2.21. The van der Waals surface area contributed by atoms with Crippen molar-refractivity contribution in [1.29, 1.82) is 0 Å². The van der Waals surface area contributed by atoms with Gasteiger partial charge in [-0.2, -0.15) is 0 Å². The highest BCUT2D eigenvalue weighted by Crippen LogP contribution is 2.07. The van der Waals surface area contributed by atoms with Gasteiger partial charge in [0, 0.05) is 12.6 Å². The summed E-state index contributed by atoms with van der Waals surface area (Å²) in [5, 5.41) is 2.82. The van der Waals surface area contributed by atoms with Crippen LogP contribution < -0.4 is 10.9 Å². The number of benzene rings is 1. The fourth-order valence-electron chi connectivity index (χ4n) is 2.08. The Labute approximate surface area is 130 Å². The zero-order valence-electron chi connectivity index (χ0n) is 13.0. The largest absolute Gasteiger partial charge is 0.354 e. The maximum Gasteiger partial charge on any atom is 0.254 e. The molecule has 0 spiro atoms. The van der Waals surface area contributed by atoms with Crippen LogP contribution in [0.1, 0.15) is 31.0 Å². The van der Waals surface area contributed by atoms with Gasteiger partial charge in [-0.3, -0.25) is 14.2 Å². The third kappa shape index (κ3) is 4.55. The average molecular weight is 299 g/mol. The van der Waals surface area contributed by atoms with Crippen molar-refractivity contribution in [1.82, 2.24) is 14.9 Å². The summed E-state index contributed by atoms with van der Waals surface area (Å²) in [5.41, 5.74) is 1.71. The second kappa shape index (κ2) is 7.54. The number of nitrogens with one attached hydrogen (secondary N) is 1. The Morgan fingerprint density at radius 3 is 2.64 bits per heavy atom. The highest BCUT2D eigenvalue weighted by atomic mass is 16.2. The summed E-state index contributed by atoms with van der Waals surface area (Å²) in [5.74, 6) is 0.0131. The molecular formula is C17H21N3O2. The first-order chi connectivity index (χ1) is 10.6. The smallest absolute Gasteiger partial charge is 0.254 e. The van der Waals surface area contributed by atoms with Gasteiger partial charge in [-0.05, 0) is 17.9 Å². The number of carbonyl (C=O) groups excluding carboxylic acids is 1. The third-order valence-corrected chi connectivity index (χ3v) is 3.38. The summed E-state index contributed by atoms with van der Waals surface area (Å²) >= 11 is 0. The number of hydrogen-bond acceptors (Lipinski definition) is 3. The van der Waals surface area contributed by atoms with E-state index in [1.807, 2.05) is 44.2 Å². The maximum atomic E-state index is 11.9. The number of nitrogens with zero attached hydrogens (tertiary/aromatic N) is 2. The van der Waals surface area contributed by atoms with Gasteiger partial charge < -0.3 is 5.32 Å². The average Bonchev–Trinajstić information content (AvgIpc) is 2.50. The third-order valence-electron chi connectivity index (χ3n) is 3.38. The second-order valence-electron chi connectivity index (χ2n) is 5.52. The van der Waals surface area contributed by atoms with E-state index in [0.717, 1.165) is 12.1 Å². The van der Waals surface area contributed by atoms with Crippen LogP contribution in [-0.4, -0.2) is 22.0 Å². The Kier molecular flexibility index (Phi) is 5.47. The van der Waals surface area contributed by atoms with Crippen molar-refractivity contribution in [3.63, 3.8) is 0 Å². The second-order valence-corrected chi connectivity index (χ2v) is 5.52. The Morgan fingerprint density at radius 2 is 2.00 bits per heavy atom. The Bertz CT molecular complexity index is 678. The highest BCUT2D eigenvalue weighted by Gasteiger charge is 2.07. The first kappa shape index (κ1) is 15.9.